The summed E-state index contributed by atoms with van der Waals surface area (Å²) in [6.07, 6.45) is 6.66. The largest absolute Gasteiger partial charge is 0.0987 e. The van der Waals surface area contributed by atoms with Gasteiger partial charge in [0, 0.05) is 0 Å². The first kappa shape index (κ1) is 12.0. The van der Waals surface area contributed by atoms with Gasteiger partial charge in [0.15, 0.2) is 0 Å². The fourth-order valence-corrected chi connectivity index (χ4v) is 1.28. The summed E-state index contributed by atoms with van der Waals surface area (Å²) in [4.78, 5) is 0. The Morgan fingerprint density at radius 3 is 1.77 bits per heavy atom. The molecule has 0 N–H and O–H groups in total. The summed E-state index contributed by atoms with van der Waals surface area (Å²) < 4.78 is 0. The second-order valence-corrected chi connectivity index (χ2v) is 3.72. The molecule has 0 radical (unpaired) electrons. The van der Waals surface area contributed by atoms with Crippen LogP contribution in [0.1, 0.15) is 27.2 Å². The van der Waals surface area contributed by atoms with Crippen LogP contribution in [0.15, 0.2) is 49.1 Å². The van der Waals surface area contributed by atoms with Crippen LogP contribution in [-0.2, 0) is 0 Å². The number of allylic oxidation sites excluding steroid dienone is 5. The molecule has 0 bridgehead atoms. The van der Waals surface area contributed by atoms with Crippen LogP contribution in [0.4, 0.5) is 0 Å². The van der Waals surface area contributed by atoms with Crippen LogP contribution in [-0.4, -0.2) is 0 Å². The van der Waals surface area contributed by atoms with Crippen molar-refractivity contribution in [3.8, 4) is 0 Å². The highest BCUT2D eigenvalue weighted by Crippen LogP contribution is 2.33. The highest BCUT2D eigenvalue weighted by Gasteiger charge is 2.20. The van der Waals surface area contributed by atoms with E-state index < -0.39 is 0 Å². The van der Waals surface area contributed by atoms with Crippen LogP contribution >= 0.6 is 0 Å². The summed E-state index contributed by atoms with van der Waals surface area (Å²) in [5.74, 6) is 0. The normalized spacial score (nSPS) is 10.4. The Morgan fingerprint density at radius 2 is 1.54 bits per heavy atom. The zero-order valence-electron chi connectivity index (χ0n) is 9.06. The summed E-state index contributed by atoms with van der Waals surface area (Å²) in [6.45, 7) is 18.0. The molecule has 0 aromatic heterocycles. The van der Waals surface area contributed by atoms with Crippen LogP contribution in [0.2, 0.25) is 0 Å². The van der Waals surface area contributed by atoms with Crippen LogP contribution in [0.25, 0.3) is 0 Å². The molecule has 0 unspecified atom stereocenters. The van der Waals surface area contributed by atoms with Crippen molar-refractivity contribution in [2.75, 3.05) is 0 Å². The summed E-state index contributed by atoms with van der Waals surface area (Å²) in [7, 11) is 0. The Kier molecular flexibility index (Phi) is 4.47. The first-order valence-corrected chi connectivity index (χ1v) is 4.65. The molecule has 0 aliphatic heterocycles. The summed E-state index contributed by atoms with van der Waals surface area (Å²) in [5.41, 5.74) is 2.46. The standard InChI is InChI=1S/C13H20/c1-7-11(8-2)12(9-3)13(5,6)10-4/h7-9H,1-3,10H2,4-6H3. The Balaban J connectivity index is 5.30. The summed E-state index contributed by atoms with van der Waals surface area (Å²) >= 11 is 0. The van der Waals surface area contributed by atoms with E-state index in [2.05, 4.69) is 40.5 Å². The van der Waals surface area contributed by atoms with Gasteiger partial charge in [0.25, 0.3) is 0 Å². The fourth-order valence-electron chi connectivity index (χ4n) is 1.28. The van der Waals surface area contributed by atoms with E-state index in [0.717, 1.165) is 12.0 Å². The van der Waals surface area contributed by atoms with Crippen molar-refractivity contribution >= 4 is 0 Å². The number of hydrogen-bond acceptors (Lipinski definition) is 0. The van der Waals surface area contributed by atoms with Crippen molar-refractivity contribution in [1.29, 1.82) is 0 Å². The second-order valence-electron chi connectivity index (χ2n) is 3.72. The highest BCUT2D eigenvalue weighted by molar-refractivity contribution is 5.41. The molecule has 0 saturated heterocycles. The maximum absolute atomic E-state index is 3.84. The lowest BCUT2D eigenvalue weighted by atomic mass is 9.79. The molecule has 0 spiro atoms. The molecule has 72 valence electrons. The van der Waals surface area contributed by atoms with E-state index in [0.29, 0.717) is 0 Å². The van der Waals surface area contributed by atoms with Gasteiger partial charge in [0.2, 0.25) is 0 Å². The zero-order valence-corrected chi connectivity index (χ0v) is 9.06. The SMILES string of the molecule is C=CC(C=C)=C(C=C)C(C)(C)CC. The van der Waals surface area contributed by atoms with E-state index in [1.807, 2.05) is 18.2 Å². The molecule has 0 atom stereocenters. The van der Waals surface area contributed by atoms with Crippen molar-refractivity contribution in [1.82, 2.24) is 0 Å². The molecule has 0 saturated carbocycles. The molecule has 0 amide bonds. The van der Waals surface area contributed by atoms with Gasteiger partial charge in [-0.05, 0) is 23.0 Å². The molecule has 0 rings (SSSR count). The van der Waals surface area contributed by atoms with Crippen molar-refractivity contribution in [2.24, 2.45) is 5.41 Å². The predicted molar refractivity (Wildman–Crippen MR) is 61.7 cm³/mol. The summed E-state index contributed by atoms with van der Waals surface area (Å²) in [5, 5.41) is 0. The lowest BCUT2D eigenvalue weighted by Crippen LogP contribution is -2.13. The third-order valence-corrected chi connectivity index (χ3v) is 2.57. The summed E-state index contributed by atoms with van der Waals surface area (Å²) in [6, 6.07) is 0. The molecule has 0 heterocycles. The molecular weight excluding hydrogens is 156 g/mol. The Bertz CT molecular complexity index is 229. The van der Waals surface area contributed by atoms with Gasteiger partial charge in [-0.15, -0.1) is 0 Å². The van der Waals surface area contributed by atoms with E-state index in [1.165, 1.54) is 5.57 Å². The first-order valence-electron chi connectivity index (χ1n) is 4.65. The Labute approximate surface area is 82.4 Å². The molecule has 0 fully saturated rings. The second kappa shape index (κ2) is 4.86. The van der Waals surface area contributed by atoms with Crippen LogP contribution in [0, 0.1) is 5.41 Å². The monoisotopic (exact) mass is 176 g/mol. The van der Waals surface area contributed by atoms with E-state index >= 15 is 0 Å². The van der Waals surface area contributed by atoms with Gasteiger partial charge in [-0.3, -0.25) is 0 Å². The van der Waals surface area contributed by atoms with Gasteiger partial charge in [-0.25, -0.2) is 0 Å². The maximum Gasteiger partial charge on any atom is -0.0100 e. The third-order valence-electron chi connectivity index (χ3n) is 2.57. The number of rotatable bonds is 5. The van der Waals surface area contributed by atoms with Crippen molar-refractivity contribution < 1.29 is 0 Å². The average molecular weight is 176 g/mol. The predicted octanol–water partition coefficient (Wildman–Crippen LogP) is 4.28. The number of hydrogen-bond donors (Lipinski definition) is 0. The van der Waals surface area contributed by atoms with Crippen molar-refractivity contribution in [2.45, 2.75) is 27.2 Å². The van der Waals surface area contributed by atoms with E-state index in [4.69, 9.17) is 0 Å². The molecule has 0 aromatic carbocycles. The van der Waals surface area contributed by atoms with Gasteiger partial charge in [0.1, 0.15) is 0 Å². The minimum Gasteiger partial charge on any atom is -0.0987 e. The fraction of sp³-hybridized carbons (Fsp3) is 0.385. The minimum absolute atomic E-state index is 0.152. The van der Waals surface area contributed by atoms with Crippen LogP contribution < -0.4 is 0 Å². The average Bonchev–Trinajstić information content (AvgIpc) is 2.13. The van der Waals surface area contributed by atoms with Gasteiger partial charge in [-0.2, -0.15) is 0 Å². The Hall–Kier alpha value is -1.04. The van der Waals surface area contributed by atoms with Crippen LogP contribution in [0.3, 0.4) is 0 Å². The molecule has 0 heteroatoms. The quantitative estimate of drug-likeness (QED) is 0.548. The molecule has 0 aliphatic carbocycles. The topological polar surface area (TPSA) is 0 Å². The van der Waals surface area contributed by atoms with Gasteiger partial charge in [-0.1, -0.05) is 58.7 Å². The zero-order chi connectivity index (χ0) is 10.5. The lowest BCUT2D eigenvalue weighted by Gasteiger charge is -2.26. The van der Waals surface area contributed by atoms with Gasteiger partial charge < -0.3 is 0 Å². The minimum atomic E-state index is 0.152. The van der Waals surface area contributed by atoms with Crippen LogP contribution in [0.5, 0.6) is 0 Å². The maximum atomic E-state index is 3.84. The van der Waals surface area contributed by atoms with E-state index in [1.54, 1.807) is 0 Å². The van der Waals surface area contributed by atoms with Crippen molar-refractivity contribution in [3.63, 3.8) is 0 Å². The van der Waals surface area contributed by atoms with Gasteiger partial charge >= 0.3 is 0 Å². The molecule has 0 aliphatic rings. The first-order chi connectivity index (χ1) is 6.03. The van der Waals surface area contributed by atoms with Gasteiger partial charge in [0.05, 0.1) is 0 Å². The van der Waals surface area contributed by atoms with E-state index in [-0.39, 0.29) is 5.41 Å². The molecule has 0 aromatic rings. The van der Waals surface area contributed by atoms with E-state index in [9.17, 15) is 0 Å². The Morgan fingerprint density at radius 1 is 1.08 bits per heavy atom. The lowest BCUT2D eigenvalue weighted by molar-refractivity contribution is 0.438. The smallest absolute Gasteiger partial charge is 0.0100 e. The van der Waals surface area contributed by atoms with Crippen molar-refractivity contribution in [3.05, 3.63) is 49.1 Å². The molecular formula is C13H20. The third kappa shape index (κ3) is 2.73. The molecule has 13 heavy (non-hydrogen) atoms. The molecule has 0 nitrogen and oxygen atoms in total. The highest BCUT2D eigenvalue weighted by atomic mass is 14.2.